The highest BCUT2D eigenvalue weighted by Crippen LogP contribution is 2.28. The van der Waals surface area contributed by atoms with Crippen LogP contribution in [0.3, 0.4) is 0 Å². The summed E-state index contributed by atoms with van der Waals surface area (Å²) < 4.78 is 6.45. The van der Waals surface area contributed by atoms with Gasteiger partial charge in [0.05, 0.1) is 5.69 Å². The zero-order valence-corrected chi connectivity index (χ0v) is 12.4. The Morgan fingerprint density at radius 1 is 1.32 bits per heavy atom. The van der Waals surface area contributed by atoms with Gasteiger partial charge in [0.15, 0.2) is 5.76 Å². The van der Waals surface area contributed by atoms with Gasteiger partial charge in [-0.15, -0.1) is 0 Å². The molecule has 1 aromatic heterocycles. The maximum atomic E-state index is 8.77. The molecule has 1 heterocycles. The molecule has 19 heavy (non-hydrogen) atoms. The van der Waals surface area contributed by atoms with Crippen molar-refractivity contribution in [2.24, 2.45) is 0 Å². The minimum atomic E-state index is 0.215. The number of allylic oxidation sites excluding steroid dienone is 1. The number of unbranched alkanes of at least 4 members (excludes halogenated alkanes) is 1. The first-order valence-corrected chi connectivity index (χ1v) is 7.01. The van der Waals surface area contributed by atoms with E-state index >= 15 is 0 Å². The number of hydrogen-bond acceptors (Lipinski definition) is 3. The monoisotopic (exact) mass is 321 g/mol. The van der Waals surface area contributed by atoms with Crippen LogP contribution in [0.25, 0.3) is 17.4 Å². The van der Waals surface area contributed by atoms with E-state index in [0.29, 0.717) is 0 Å². The van der Waals surface area contributed by atoms with Crippen molar-refractivity contribution < 1.29 is 9.63 Å². The summed E-state index contributed by atoms with van der Waals surface area (Å²) in [6.45, 7) is 2.14. The van der Waals surface area contributed by atoms with Crippen LogP contribution < -0.4 is 0 Å². The molecule has 0 saturated heterocycles. The Bertz CT molecular complexity index is 558. The van der Waals surface area contributed by atoms with E-state index in [0.717, 1.165) is 39.9 Å². The van der Waals surface area contributed by atoms with Crippen LogP contribution in [0.15, 0.2) is 39.3 Å². The highest BCUT2D eigenvalue weighted by atomic mass is 79.9. The fraction of sp³-hybridized carbons (Fsp3) is 0.267. The molecule has 0 saturated carbocycles. The minimum Gasteiger partial charge on any atom is -0.396 e. The molecule has 0 fully saturated rings. The number of halogens is 1. The van der Waals surface area contributed by atoms with Gasteiger partial charge in [-0.25, -0.2) is 0 Å². The van der Waals surface area contributed by atoms with Gasteiger partial charge in [-0.2, -0.15) is 0 Å². The topological polar surface area (TPSA) is 46.3 Å². The van der Waals surface area contributed by atoms with E-state index in [-0.39, 0.29) is 6.61 Å². The summed E-state index contributed by atoms with van der Waals surface area (Å²) in [5.41, 5.74) is 2.88. The zero-order valence-electron chi connectivity index (χ0n) is 10.8. The molecule has 0 unspecified atom stereocenters. The van der Waals surface area contributed by atoms with E-state index in [4.69, 9.17) is 9.63 Å². The van der Waals surface area contributed by atoms with Gasteiger partial charge in [-0.3, -0.25) is 0 Å². The first-order valence-electron chi connectivity index (χ1n) is 6.22. The van der Waals surface area contributed by atoms with Crippen molar-refractivity contribution in [3.8, 4) is 11.3 Å². The Balaban J connectivity index is 2.26. The summed E-state index contributed by atoms with van der Waals surface area (Å²) >= 11 is 3.42. The summed E-state index contributed by atoms with van der Waals surface area (Å²) in [6.07, 6.45) is 5.67. The van der Waals surface area contributed by atoms with Crippen LogP contribution in [0.4, 0.5) is 0 Å². The van der Waals surface area contributed by atoms with Crippen molar-refractivity contribution in [1.82, 2.24) is 5.16 Å². The Hall–Kier alpha value is -1.39. The van der Waals surface area contributed by atoms with Gasteiger partial charge >= 0.3 is 0 Å². The van der Waals surface area contributed by atoms with Crippen LogP contribution >= 0.6 is 15.9 Å². The average molecular weight is 322 g/mol. The molecule has 0 aliphatic rings. The first-order chi connectivity index (χ1) is 9.22. The van der Waals surface area contributed by atoms with Crippen molar-refractivity contribution in [3.05, 3.63) is 46.1 Å². The van der Waals surface area contributed by atoms with Crippen LogP contribution in [0.5, 0.6) is 0 Å². The number of benzene rings is 1. The van der Waals surface area contributed by atoms with Gasteiger partial charge in [0.1, 0.15) is 0 Å². The Labute approximate surface area is 121 Å². The lowest BCUT2D eigenvalue weighted by molar-refractivity contribution is 0.290. The Morgan fingerprint density at radius 3 is 2.74 bits per heavy atom. The molecule has 0 aliphatic carbocycles. The molecule has 2 rings (SSSR count). The molecule has 0 amide bonds. The van der Waals surface area contributed by atoms with Crippen LogP contribution in [-0.2, 0) is 0 Å². The smallest absolute Gasteiger partial charge is 0.174 e. The maximum absolute atomic E-state index is 8.77. The van der Waals surface area contributed by atoms with Crippen LogP contribution in [0.1, 0.15) is 24.1 Å². The van der Waals surface area contributed by atoms with Crippen molar-refractivity contribution in [1.29, 1.82) is 0 Å². The molecular formula is C15H16BrNO2. The third kappa shape index (κ3) is 3.55. The molecule has 4 heteroatoms. The summed E-state index contributed by atoms with van der Waals surface area (Å²) in [7, 11) is 0. The van der Waals surface area contributed by atoms with E-state index in [9.17, 15) is 0 Å². The fourth-order valence-electron chi connectivity index (χ4n) is 1.79. The average Bonchev–Trinajstić information content (AvgIpc) is 2.77. The number of aliphatic hydroxyl groups excluding tert-OH is 1. The van der Waals surface area contributed by atoms with E-state index in [1.807, 2.05) is 43.3 Å². The summed E-state index contributed by atoms with van der Waals surface area (Å²) in [5, 5.41) is 12.8. The standard InChI is InChI=1S/C15H16BrNO2/c1-11-14(5-3-2-4-10-18)15(19-17-11)12-6-8-13(16)9-7-12/h3,5-9,18H,2,4,10H2,1H3. The van der Waals surface area contributed by atoms with Crippen molar-refractivity contribution in [2.45, 2.75) is 19.8 Å². The maximum Gasteiger partial charge on any atom is 0.174 e. The van der Waals surface area contributed by atoms with Gasteiger partial charge in [-0.05, 0) is 44.0 Å². The largest absolute Gasteiger partial charge is 0.396 e. The van der Waals surface area contributed by atoms with Gasteiger partial charge in [-0.1, -0.05) is 33.2 Å². The van der Waals surface area contributed by atoms with E-state index in [1.54, 1.807) is 0 Å². The number of rotatable bonds is 5. The van der Waals surface area contributed by atoms with Crippen molar-refractivity contribution in [2.75, 3.05) is 6.61 Å². The first kappa shape index (κ1) is 14.0. The molecule has 0 aliphatic heterocycles. The predicted octanol–water partition coefficient (Wildman–Crippen LogP) is 4.20. The van der Waals surface area contributed by atoms with Crippen LogP contribution in [0, 0.1) is 6.92 Å². The number of aliphatic hydroxyl groups is 1. The molecule has 0 bridgehead atoms. The molecule has 1 aromatic carbocycles. The summed E-state index contributed by atoms with van der Waals surface area (Å²) in [6, 6.07) is 7.95. The van der Waals surface area contributed by atoms with E-state index in [2.05, 4.69) is 21.1 Å². The van der Waals surface area contributed by atoms with Crippen molar-refractivity contribution in [3.63, 3.8) is 0 Å². The van der Waals surface area contributed by atoms with E-state index in [1.165, 1.54) is 0 Å². The molecule has 0 spiro atoms. The van der Waals surface area contributed by atoms with Gasteiger partial charge < -0.3 is 9.63 Å². The molecule has 0 radical (unpaired) electrons. The predicted molar refractivity (Wildman–Crippen MR) is 79.7 cm³/mol. The zero-order chi connectivity index (χ0) is 13.7. The number of aryl methyl sites for hydroxylation is 1. The summed E-state index contributed by atoms with van der Waals surface area (Å²) in [4.78, 5) is 0. The highest BCUT2D eigenvalue weighted by molar-refractivity contribution is 9.10. The third-order valence-corrected chi connectivity index (χ3v) is 3.36. The lowest BCUT2D eigenvalue weighted by Crippen LogP contribution is -1.82. The summed E-state index contributed by atoms with van der Waals surface area (Å²) in [5.74, 6) is 0.783. The van der Waals surface area contributed by atoms with Crippen LogP contribution in [-0.4, -0.2) is 16.9 Å². The van der Waals surface area contributed by atoms with Gasteiger partial charge in [0.2, 0.25) is 0 Å². The van der Waals surface area contributed by atoms with Gasteiger partial charge in [0, 0.05) is 22.2 Å². The Kier molecular flexibility index (Phi) is 4.93. The second-order valence-corrected chi connectivity index (χ2v) is 5.20. The lowest BCUT2D eigenvalue weighted by Gasteiger charge is -1.98. The SMILES string of the molecule is Cc1noc(-c2ccc(Br)cc2)c1C=CCCCO. The second kappa shape index (κ2) is 6.68. The molecular weight excluding hydrogens is 306 g/mol. The second-order valence-electron chi connectivity index (χ2n) is 4.29. The molecule has 100 valence electrons. The highest BCUT2D eigenvalue weighted by Gasteiger charge is 2.12. The van der Waals surface area contributed by atoms with Crippen LogP contribution in [0.2, 0.25) is 0 Å². The van der Waals surface area contributed by atoms with E-state index < -0.39 is 0 Å². The third-order valence-electron chi connectivity index (χ3n) is 2.83. The van der Waals surface area contributed by atoms with Crippen molar-refractivity contribution >= 4 is 22.0 Å². The quantitative estimate of drug-likeness (QED) is 0.839. The number of aromatic nitrogens is 1. The normalized spacial score (nSPS) is 11.3. The molecule has 3 nitrogen and oxygen atoms in total. The fourth-order valence-corrected chi connectivity index (χ4v) is 2.06. The lowest BCUT2D eigenvalue weighted by atomic mass is 10.1. The molecule has 1 N–H and O–H groups in total. The number of hydrogen-bond donors (Lipinski definition) is 1. The molecule has 0 atom stereocenters. The number of nitrogens with zero attached hydrogens (tertiary/aromatic N) is 1. The Morgan fingerprint density at radius 2 is 2.05 bits per heavy atom. The van der Waals surface area contributed by atoms with Gasteiger partial charge in [0.25, 0.3) is 0 Å². The minimum absolute atomic E-state index is 0.215. The molecule has 2 aromatic rings.